The van der Waals surface area contributed by atoms with E-state index in [1.807, 2.05) is 0 Å². The molecule has 0 spiro atoms. The van der Waals surface area contributed by atoms with Crippen molar-refractivity contribution in [3.8, 4) is 0 Å². The van der Waals surface area contributed by atoms with Crippen LogP contribution in [0.15, 0.2) is 6.20 Å². The van der Waals surface area contributed by atoms with Crippen LogP contribution in [0.2, 0.25) is 0 Å². The molecule has 1 aromatic rings. The van der Waals surface area contributed by atoms with Crippen LogP contribution in [-0.2, 0) is 0 Å². The van der Waals surface area contributed by atoms with Gasteiger partial charge in [-0.3, -0.25) is 20.0 Å². The minimum atomic E-state index is -0.688. The second kappa shape index (κ2) is 3.09. The molecule has 0 radical (unpaired) electrons. The van der Waals surface area contributed by atoms with Crippen LogP contribution in [0.25, 0.3) is 0 Å². The van der Waals surface area contributed by atoms with Crippen LogP contribution in [0.4, 0.5) is 5.69 Å². The highest BCUT2D eigenvalue weighted by molar-refractivity contribution is 5.99. The predicted molar refractivity (Wildman–Crippen MR) is 38.6 cm³/mol. The van der Waals surface area contributed by atoms with E-state index in [-0.39, 0.29) is 17.9 Å². The summed E-state index contributed by atoms with van der Waals surface area (Å²) in [5, 5.41) is 15.8. The van der Waals surface area contributed by atoms with Crippen molar-refractivity contribution in [3.63, 3.8) is 0 Å². The molecule has 3 N–H and O–H groups in total. The molecule has 0 fully saturated rings. The summed E-state index contributed by atoms with van der Waals surface area (Å²) in [5.41, 5.74) is 4.52. The van der Waals surface area contributed by atoms with Crippen LogP contribution in [0.3, 0.4) is 0 Å². The fraction of sp³-hybridized carbons (Fsp3) is 0.200. The fourth-order valence-corrected chi connectivity index (χ4v) is 0.725. The van der Waals surface area contributed by atoms with Crippen molar-refractivity contribution < 1.29 is 9.72 Å². The molecule has 1 aromatic heterocycles. The van der Waals surface area contributed by atoms with Gasteiger partial charge in [0.1, 0.15) is 6.20 Å². The quantitative estimate of drug-likeness (QED) is 0.359. The smallest absolute Gasteiger partial charge is 0.317 e. The van der Waals surface area contributed by atoms with Gasteiger partial charge in [0.2, 0.25) is 5.78 Å². The Labute approximate surface area is 66.7 Å². The highest BCUT2D eigenvalue weighted by atomic mass is 16.6. The van der Waals surface area contributed by atoms with Crippen molar-refractivity contribution >= 4 is 11.5 Å². The average Bonchev–Trinajstić information content (AvgIpc) is 2.50. The zero-order valence-electron chi connectivity index (χ0n) is 5.98. The SMILES string of the molecule is NCC(=O)c1[nH]ncc1[N+](=O)[O-]. The Kier molecular flexibility index (Phi) is 2.15. The van der Waals surface area contributed by atoms with E-state index in [0.29, 0.717) is 0 Å². The Morgan fingerprint density at radius 1 is 1.83 bits per heavy atom. The number of nitrogens with two attached hydrogens (primary N) is 1. The summed E-state index contributed by atoms with van der Waals surface area (Å²) in [6, 6.07) is 0. The number of nitro groups is 1. The minimum Gasteiger partial charge on any atom is -0.324 e. The number of carbonyl (C=O) groups is 1. The number of ketones is 1. The molecule has 0 unspecified atom stereocenters. The van der Waals surface area contributed by atoms with Crippen LogP contribution in [-0.4, -0.2) is 27.4 Å². The molecule has 0 atom stereocenters. The molecular formula is C5H6N4O3. The van der Waals surface area contributed by atoms with Gasteiger partial charge in [-0.1, -0.05) is 0 Å². The summed E-state index contributed by atoms with van der Waals surface area (Å²) < 4.78 is 0. The van der Waals surface area contributed by atoms with Crippen molar-refractivity contribution in [1.29, 1.82) is 0 Å². The molecule has 1 rings (SSSR count). The number of nitrogens with zero attached hydrogens (tertiary/aromatic N) is 2. The number of nitrogens with one attached hydrogen (secondary N) is 1. The average molecular weight is 170 g/mol. The summed E-state index contributed by atoms with van der Waals surface area (Å²) >= 11 is 0. The topological polar surface area (TPSA) is 115 Å². The molecule has 12 heavy (non-hydrogen) atoms. The molecule has 0 aliphatic heterocycles. The number of aromatic nitrogens is 2. The maximum atomic E-state index is 10.9. The molecule has 0 bridgehead atoms. The number of aromatic amines is 1. The Balaban J connectivity index is 3.07. The number of rotatable bonds is 3. The van der Waals surface area contributed by atoms with E-state index in [0.717, 1.165) is 6.20 Å². The molecular weight excluding hydrogens is 164 g/mol. The van der Waals surface area contributed by atoms with Gasteiger partial charge in [0.15, 0.2) is 5.69 Å². The summed E-state index contributed by atoms with van der Waals surface area (Å²) in [6.45, 7) is -0.275. The first-order valence-electron chi connectivity index (χ1n) is 3.08. The van der Waals surface area contributed by atoms with Crippen molar-refractivity contribution in [3.05, 3.63) is 22.0 Å². The Bertz CT molecular complexity index is 318. The number of Topliss-reactive ketones (excluding diaryl/α,β-unsaturated/α-hetero) is 1. The van der Waals surface area contributed by atoms with E-state index in [2.05, 4.69) is 10.2 Å². The first-order valence-corrected chi connectivity index (χ1v) is 3.08. The largest absolute Gasteiger partial charge is 0.324 e. The third-order valence-corrected chi connectivity index (χ3v) is 1.28. The van der Waals surface area contributed by atoms with Gasteiger partial charge in [-0.2, -0.15) is 5.10 Å². The van der Waals surface area contributed by atoms with Crippen molar-refractivity contribution in [2.75, 3.05) is 6.54 Å². The van der Waals surface area contributed by atoms with E-state index < -0.39 is 10.7 Å². The number of hydrogen-bond donors (Lipinski definition) is 2. The first kappa shape index (κ1) is 8.34. The lowest BCUT2D eigenvalue weighted by molar-refractivity contribution is -0.385. The molecule has 64 valence electrons. The van der Waals surface area contributed by atoms with Crippen LogP contribution in [0.5, 0.6) is 0 Å². The van der Waals surface area contributed by atoms with Gasteiger partial charge in [0.05, 0.1) is 11.5 Å². The predicted octanol–water partition coefficient (Wildman–Crippen LogP) is -0.541. The number of carbonyl (C=O) groups excluding carboxylic acids is 1. The van der Waals surface area contributed by atoms with E-state index in [9.17, 15) is 14.9 Å². The maximum Gasteiger partial charge on any atom is 0.317 e. The third kappa shape index (κ3) is 1.30. The molecule has 1 heterocycles. The zero-order chi connectivity index (χ0) is 9.14. The van der Waals surface area contributed by atoms with Crippen molar-refractivity contribution in [2.45, 2.75) is 0 Å². The van der Waals surface area contributed by atoms with Crippen molar-refractivity contribution in [1.82, 2.24) is 10.2 Å². The Hall–Kier alpha value is -1.76. The van der Waals surface area contributed by atoms with E-state index in [1.54, 1.807) is 0 Å². The second-order valence-electron chi connectivity index (χ2n) is 2.01. The Morgan fingerprint density at radius 2 is 2.50 bits per heavy atom. The highest BCUT2D eigenvalue weighted by Crippen LogP contribution is 2.13. The molecule has 0 amide bonds. The van der Waals surface area contributed by atoms with E-state index >= 15 is 0 Å². The standard InChI is InChI=1S/C5H6N4O3/c6-1-4(10)5-3(9(11)12)2-7-8-5/h2H,1,6H2,(H,7,8). The molecule has 0 aromatic carbocycles. The summed E-state index contributed by atoms with van der Waals surface area (Å²) in [7, 11) is 0. The highest BCUT2D eigenvalue weighted by Gasteiger charge is 2.20. The van der Waals surface area contributed by atoms with Crippen molar-refractivity contribution in [2.24, 2.45) is 5.73 Å². The van der Waals surface area contributed by atoms with Gasteiger partial charge < -0.3 is 5.73 Å². The lowest BCUT2D eigenvalue weighted by Crippen LogP contribution is -2.15. The van der Waals surface area contributed by atoms with Gasteiger partial charge in [-0.05, 0) is 0 Å². The first-order chi connectivity index (χ1) is 5.66. The van der Waals surface area contributed by atoms with Gasteiger partial charge >= 0.3 is 5.69 Å². The van der Waals surface area contributed by atoms with Gasteiger partial charge in [0, 0.05) is 0 Å². The normalized spacial score (nSPS) is 9.75. The molecule has 0 saturated carbocycles. The maximum absolute atomic E-state index is 10.9. The van der Waals surface area contributed by atoms with Crippen LogP contribution in [0, 0.1) is 10.1 Å². The van der Waals surface area contributed by atoms with Crippen LogP contribution >= 0.6 is 0 Å². The summed E-state index contributed by atoms with van der Waals surface area (Å²) in [4.78, 5) is 20.5. The van der Waals surface area contributed by atoms with Gasteiger partial charge in [0.25, 0.3) is 0 Å². The fourth-order valence-electron chi connectivity index (χ4n) is 0.725. The van der Waals surface area contributed by atoms with E-state index in [1.165, 1.54) is 0 Å². The third-order valence-electron chi connectivity index (χ3n) is 1.28. The van der Waals surface area contributed by atoms with Crippen LogP contribution in [0.1, 0.15) is 10.5 Å². The molecule has 0 saturated heterocycles. The van der Waals surface area contributed by atoms with E-state index in [4.69, 9.17) is 5.73 Å². The minimum absolute atomic E-state index is 0.150. The Morgan fingerprint density at radius 3 is 3.00 bits per heavy atom. The summed E-state index contributed by atoms with van der Waals surface area (Å²) in [5.74, 6) is -0.529. The molecule has 7 nitrogen and oxygen atoms in total. The lowest BCUT2D eigenvalue weighted by atomic mass is 10.2. The zero-order valence-corrected chi connectivity index (χ0v) is 5.98. The van der Waals surface area contributed by atoms with Crippen LogP contribution < -0.4 is 5.73 Å². The number of hydrogen-bond acceptors (Lipinski definition) is 5. The second-order valence-corrected chi connectivity index (χ2v) is 2.01. The number of H-pyrrole nitrogens is 1. The monoisotopic (exact) mass is 170 g/mol. The molecule has 7 heteroatoms. The molecule has 0 aliphatic carbocycles. The molecule has 0 aliphatic rings. The van der Waals surface area contributed by atoms with Gasteiger partial charge in [-0.25, -0.2) is 0 Å². The van der Waals surface area contributed by atoms with Gasteiger partial charge in [-0.15, -0.1) is 0 Å². The lowest BCUT2D eigenvalue weighted by Gasteiger charge is -1.90. The summed E-state index contributed by atoms with van der Waals surface area (Å²) in [6.07, 6.45) is 0.975.